The van der Waals surface area contributed by atoms with Crippen LogP contribution in [0, 0.1) is 0 Å². The first-order valence-electron chi connectivity index (χ1n) is 3.99. The van der Waals surface area contributed by atoms with Gasteiger partial charge in [0.2, 0.25) is 0 Å². The minimum atomic E-state index is 0.387. The predicted octanol–water partition coefficient (Wildman–Crippen LogP) is 3.45. The lowest BCUT2D eigenvalue weighted by atomic mass is 10.2. The SMILES string of the molecule is Clc1ccc(-c2cncc(Cl)n2)cc1. The highest BCUT2D eigenvalue weighted by atomic mass is 35.5. The largest absolute Gasteiger partial charge is 0.259 e. The fraction of sp³-hybridized carbons (Fsp3) is 0. The topological polar surface area (TPSA) is 25.8 Å². The van der Waals surface area contributed by atoms with Crippen molar-refractivity contribution in [3.8, 4) is 11.3 Å². The third-order valence-corrected chi connectivity index (χ3v) is 2.18. The van der Waals surface area contributed by atoms with Crippen molar-refractivity contribution in [2.45, 2.75) is 0 Å². The quantitative estimate of drug-likeness (QED) is 0.742. The number of rotatable bonds is 1. The molecule has 0 fully saturated rings. The maximum atomic E-state index is 5.77. The van der Waals surface area contributed by atoms with Crippen LogP contribution in [-0.2, 0) is 0 Å². The van der Waals surface area contributed by atoms with E-state index in [9.17, 15) is 0 Å². The summed E-state index contributed by atoms with van der Waals surface area (Å²) in [5, 5.41) is 1.08. The Morgan fingerprint density at radius 3 is 2.29 bits per heavy atom. The summed E-state index contributed by atoms with van der Waals surface area (Å²) in [7, 11) is 0. The van der Waals surface area contributed by atoms with Gasteiger partial charge in [0.15, 0.2) is 0 Å². The minimum absolute atomic E-state index is 0.387. The van der Waals surface area contributed by atoms with Crippen LogP contribution in [0.2, 0.25) is 10.2 Å². The molecule has 2 nitrogen and oxygen atoms in total. The molecule has 0 amide bonds. The van der Waals surface area contributed by atoms with Gasteiger partial charge in [0.25, 0.3) is 0 Å². The van der Waals surface area contributed by atoms with Gasteiger partial charge >= 0.3 is 0 Å². The average Bonchev–Trinajstić information content (AvgIpc) is 2.19. The Balaban J connectivity index is 2.44. The average molecular weight is 225 g/mol. The van der Waals surface area contributed by atoms with E-state index in [1.54, 1.807) is 18.3 Å². The van der Waals surface area contributed by atoms with Crippen molar-refractivity contribution in [3.05, 3.63) is 46.8 Å². The zero-order valence-electron chi connectivity index (χ0n) is 7.11. The maximum absolute atomic E-state index is 5.77. The molecule has 1 heterocycles. The van der Waals surface area contributed by atoms with E-state index < -0.39 is 0 Å². The van der Waals surface area contributed by atoms with Gasteiger partial charge in [0, 0.05) is 10.6 Å². The molecule has 70 valence electrons. The Morgan fingerprint density at radius 1 is 0.929 bits per heavy atom. The Hall–Kier alpha value is -1.12. The van der Waals surface area contributed by atoms with Gasteiger partial charge in [-0.2, -0.15) is 0 Å². The second kappa shape index (κ2) is 3.95. The molecular weight excluding hydrogens is 219 g/mol. The number of nitrogens with zero attached hydrogens (tertiary/aromatic N) is 2. The van der Waals surface area contributed by atoms with Crippen LogP contribution in [0.5, 0.6) is 0 Å². The molecule has 0 aliphatic rings. The summed E-state index contributed by atoms with van der Waals surface area (Å²) in [6.45, 7) is 0. The van der Waals surface area contributed by atoms with Crippen LogP contribution < -0.4 is 0 Å². The summed E-state index contributed by atoms with van der Waals surface area (Å²) in [6, 6.07) is 7.37. The molecule has 0 aliphatic heterocycles. The second-order valence-electron chi connectivity index (χ2n) is 2.73. The molecule has 1 aromatic carbocycles. The molecule has 0 atom stereocenters. The first-order valence-corrected chi connectivity index (χ1v) is 4.75. The minimum Gasteiger partial charge on any atom is -0.259 e. The number of hydrogen-bond acceptors (Lipinski definition) is 2. The van der Waals surface area contributed by atoms with E-state index in [-0.39, 0.29) is 0 Å². The van der Waals surface area contributed by atoms with Crippen molar-refractivity contribution in [1.29, 1.82) is 0 Å². The Kier molecular flexibility index (Phi) is 2.66. The first-order chi connectivity index (χ1) is 6.75. The summed E-state index contributed by atoms with van der Waals surface area (Å²) in [6.07, 6.45) is 3.16. The van der Waals surface area contributed by atoms with Crippen LogP contribution in [0.4, 0.5) is 0 Å². The molecule has 0 bridgehead atoms. The van der Waals surface area contributed by atoms with E-state index in [0.717, 1.165) is 11.3 Å². The second-order valence-corrected chi connectivity index (χ2v) is 3.56. The van der Waals surface area contributed by atoms with Crippen molar-refractivity contribution in [1.82, 2.24) is 9.97 Å². The summed E-state index contributed by atoms with van der Waals surface area (Å²) < 4.78 is 0. The predicted molar refractivity (Wildman–Crippen MR) is 57.5 cm³/mol. The smallest absolute Gasteiger partial charge is 0.148 e. The fourth-order valence-electron chi connectivity index (χ4n) is 1.10. The van der Waals surface area contributed by atoms with Gasteiger partial charge in [0.05, 0.1) is 18.1 Å². The van der Waals surface area contributed by atoms with E-state index in [1.807, 2.05) is 12.1 Å². The van der Waals surface area contributed by atoms with Crippen molar-refractivity contribution in [3.63, 3.8) is 0 Å². The summed E-state index contributed by atoms with van der Waals surface area (Å²) >= 11 is 11.5. The van der Waals surface area contributed by atoms with E-state index in [4.69, 9.17) is 23.2 Å². The Morgan fingerprint density at radius 2 is 1.64 bits per heavy atom. The molecule has 0 N–H and O–H groups in total. The van der Waals surface area contributed by atoms with Gasteiger partial charge < -0.3 is 0 Å². The van der Waals surface area contributed by atoms with Crippen LogP contribution in [0.25, 0.3) is 11.3 Å². The van der Waals surface area contributed by atoms with Crippen LogP contribution >= 0.6 is 23.2 Å². The lowest BCUT2D eigenvalue weighted by Crippen LogP contribution is -1.85. The summed E-state index contributed by atoms with van der Waals surface area (Å²) in [5.41, 5.74) is 1.69. The van der Waals surface area contributed by atoms with Gasteiger partial charge in [-0.25, -0.2) is 4.98 Å². The highest BCUT2D eigenvalue weighted by Gasteiger charge is 1.99. The van der Waals surface area contributed by atoms with E-state index >= 15 is 0 Å². The fourth-order valence-corrected chi connectivity index (χ4v) is 1.38. The molecule has 4 heteroatoms. The van der Waals surface area contributed by atoms with Gasteiger partial charge in [-0.1, -0.05) is 35.3 Å². The molecule has 2 aromatic rings. The van der Waals surface area contributed by atoms with Crippen molar-refractivity contribution < 1.29 is 0 Å². The molecule has 0 saturated carbocycles. The number of aromatic nitrogens is 2. The molecule has 2 rings (SSSR count). The Bertz CT molecular complexity index is 440. The molecule has 0 unspecified atom stereocenters. The summed E-state index contributed by atoms with van der Waals surface area (Å²) in [5.74, 6) is 0. The van der Waals surface area contributed by atoms with Crippen molar-refractivity contribution in [2.24, 2.45) is 0 Å². The molecule has 0 radical (unpaired) electrons. The zero-order chi connectivity index (χ0) is 9.97. The monoisotopic (exact) mass is 224 g/mol. The van der Waals surface area contributed by atoms with E-state index in [2.05, 4.69) is 9.97 Å². The third-order valence-electron chi connectivity index (χ3n) is 1.75. The van der Waals surface area contributed by atoms with Gasteiger partial charge in [0.1, 0.15) is 5.15 Å². The van der Waals surface area contributed by atoms with E-state index in [0.29, 0.717) is 10.2 Å². The lowest BCUT2D eigenvalue weighted by Gasteiger charge is -1.99. The number of hydrogen-bond donors (Lipinski definition) is 0. The zero-order valence-corrected chi connectivity index (χ0v) is 8.63. The Labute approximate surface area is 91.5 Å². The number of benzene rings is 1. The number of halogens is 2. The van der Waals surface area contributed by atoms with Gasteiger partial charge in [-0.05, 0) is 12.1 Å². The highest BCUT2D eigenvalue weighted by molar-refractivity contribution is 6.30. The maximum Gasteiger partial charge on any atom is 0.148 e. The van der Waals surface area contributed by atoms with Crippen molar-refractivity contribution >= 4 is 23.2 Å². The highest BCUT2D eigenvalue weighted by Crippen LogP contribution is 2.19. The van der Waals surface area contributed by atoms with Crippen LogP contribution in [-0.4, -0.2) is 9.97 Å². The molecule has 0 saturated heterocycles. The van der Waals surface area contributed by atoms with Crippen molar-refractivity contribution in [2.75, 3.05) is 0 Å². The molecule has 0 aliphatic carbocycles. The normalized spacial score (nSPS) is 10.1. The van der Waals surface area contributed by atoms with Crippen LogP contribution in [0.15, 0.2) is 36.7 Å². The van der Waals surface area contributed by atoms with Gasteiger partial charge in [-0.15, -0.1) is 0 Å². The first kappa shape index (κ1) is 9.44. The standard InChI is InChI=1S/C10H6Cl2N2/c11-8-3-1-7(2-4-8)9-5-13-6-10(12)14-9/h1-6H. The molecular formula is C10H6Cl2N2. The molecule has 0 spiro atoms. The van der Waals surface area contributed by atoms with Crippen LogP contribution in [0.3, 0.4) is 0 Å². The molecule has 14 heavy (non-hydrogen) atoms. The third kappa shape index (κ3) is 2.03. The summed E-state index contributed by atoms with van der Waals surface area (Å²) in [4.78, 5) is 8.09. The van der Waals surface area contributed by atoms with Gasteiger partial charge in [-0.3, -0.25) is 4.98 Å². The lowest BCUT2D eigenvalue weighted by molar-refractivity contribution is 1.21. The van der Waals surface area contributed by atoms with E-state index in [1.165, 1.54) is 6.20 Å². The molecule has 1 aromatic heterocycles. The van der Waals surface area contributed by atoms with Crippen LogP contribution in [0.1, 0.15) is 0 Å².